The Morgan fingerprint density at radius 2 is 2.05 bits per heavy atom. The van der Waals surface area contributed by atoms with E-state index in [4.69, 9.17) is 5.11 Å². The fourth-order valence-electron chi connectivity index (χ4n) is 1.46. The number of thiazole rings is 1. The first kappa shape index (κ1) is 15.4. The van der Waals surface area contributed by atoms with Crippen LogP contribution in [0.25, 0.3) is 6.08 Å². The standard InChI is InChI=1S/C14H11BrN2O3S/c15-10-4-1-9(2-5-10)3-6-12(18)16-7-13-17-11(8-21-13)14(19)20/h1-6,8H,7H2,(H,16,18)(H,19,20). The van der Waals surface area contributed by atoms with Crippen LogP contribution in [0.2, 0.25) is 0 Å². The second kappa shape index (κ2) is 7.14. The highest BCUT2D eigenvalue weighted by atomic mass is 79.9. The number of hydrogen-bond donors (Lipinski definition) is 2. The van der Waals surface area contributed by atoms with E-state index in [1.807, 2.05) is 24.3 Å². The summed E-state index contributed by atoms with van der Waals surface area (Å²) in [6.45, 7) is 0.210. The maximum atomic E-state index is 11.7. The molecule has 0 bridgehead atoms. The lowest BCUT2D eigenvalue weighted by Gasteiger charge is -1.98. The molecule has 0 aliphatic rings. The zero-order chi connectivity index (χ0) is 15.2. The zero-order valence-corrected chi connectivity index (χ0v) is 13.1. The molecule has 5 nitrogen and oxygen atoms in total. The third-order valence-electron chi connectivity index (χ3n) is 2.48. The molecule has 2 N–H and O–H groups in total. The summed E-state index contributed by atoms with van der Waals surface area (Å²) in [6, 6.07) is 7.54. The van der Waals surface area contributed by atoms with Gasteiger partial charge in [-0.15, -0.1) is 11.3 Å². The number of carbonyl (C=O) groups is 2. The molecule has 7 heteroatoms. The van der Waals surface area contributed by atoms with Crippen LogP contribution in [0.3, 0.4) is 0 Å². The highest BCUT2D eigenvalue weighted by Crippen LogP contribution is 2.12. The van der Waals surface area contributed by atoms with Gasteiger partial charge in [-0.1, -0.05) is 28.1 Å². The average Bonchev–Trinajstić information content (AvgIpc) is 2.93. The van der Waals surface area contributed by atoms with Crippen molar-refractivity contribution in [2.24, 2.45) is 0 Å². The van der Waals surface area contributed by atoms with Crippen molar-refractivity contribution in [2.45, 2.75) is 6.54 Å². The number of carboxylic acid groups (broad SMARTS) is 1. The van der Waals surface area contributed by atoms with Crippen molar-refractivity contribution in [1.82, 2.24) is 10.3 Å². The molecule has 0 aliphatic carbocycles. The summed E-state index contributed by atoms with van der Waals surface area (Å²) in [4.78, 5) is 26.2. The molecular formula is C14H11BrN2O3S. The SMILES string of the molecule is O=C(C=Cc1ccc(Br)cc1)NCc1nc(C(=O)O)cs1. The molecular weight excluding hydrogens is 356 g/mol. The number of nitrogens with one attached hydrogen (secondary N) is 1. The summed E-state index contributed by atoms with van der Waals surface area (Å²) < 4.78 is 0.974. The molecule has 1 amide bonds. The average molecular weight is 367 g/mol. The molecule has 0 saturated carbocycles. The monoisotopic (exact) mass is 366 g/mol. The van der Waals surface area contributed by atoms with Crippen LogP contribution in [-0.2, 0) is 11.3 Å². The largest absolute Gasteiger partial charge is 0.476 e. The van der Waals surface area contributed by atoms with E-state index in [0.29, 0.717) is 5.01 Å². The Morgan fingerprint density at radius 1 is 1.33 bits per heavy atom. The quantitative estimate of drug-likeness (QED) is 0.797. The molecule has 0 atom stereocenters. The van der Waals surface area contributed by atoms with Gasteiger partial charge in [0.05, 0.1) is 6.54 Å². The highest BCUT2D eigenvalue weighted by Gasteiger charge is 2.08. The summed E-state index contributed by atoms with van der Waals surface area (Å²) in [6.07, 6.45) is 3.13. The van der Waals surface area contributed by atoms with Crippen LogP contribution in [0.4, 0.5) is 0 Å². The molecule has 108 valence electrons. The van der Waals surface area contributed by atoms with Gasteiger partial charge in [0.1, 0.15) is 5.01 Å². The normalized spacial score (nSPS) is 10.7. The van der Waals surface area contributed by atoms with Crippen molar-refractivity contribution in [3.05, 3.63) is 56.5 Å². The third-order valence-corrected chi connectivity index (χ3v) is 3.86. The van der Waals surface area contributed by atoms with Gasteiger partial charge in [0.2, 0.25) is 5.91 Å². The number of hydrogen-bond acceptors (Lipinski definition) is 4. The van der Waals surface area contributed by atoms with Gasteiger partial charge in [0.25, 0.3) is 0 Å². The molecule has 0 aliphatic heterocycles. The summed E-state index contributed by atoms with van der Waals surface area (Å²) in [5.41, 5.74) is 0.908. The Balaban J connectivity index is 1.86. The molecule has 2 rings (SSSR count). The Bertz CT molecular complexity index is 680. The topological polar surface area (TPSA) is 79.3 Å². The minimum Gasteiger partial charge on any atom is -0.476 e. The number of halogens is 1. The van der Waals surface area contributed by atoms with Crippen LogP contribution in [0.5, 0.6) is 0 Å². The van der Waals surface area contributed by atoms with Gasteiger partial charge >= 0.3 is 5.97 Å². The van der Waals surface area contributed by atoms with E-state index < -0.39 is 5.97 Å². The first-order valence-corrected chi connectivity index (χ1v) is 7.61. The maximum absolute atomic E-state index is 11.7. The molecule has 0 radical (unpaired) electrons. The smallest absolute Gasteiger partial charge is 0.355 e. The predicted molar refractivity (Wildman–Crippen MR) is 84.1 cm³/mol. The molecule has 0 fully saturated rings. The minimum atomic E-state index is -1.07. The second-order valence-corrected chi connectivity index (χ2v) is 5.89. The summed E-state index contributed by atoms with van der Waals surface area (Å²) in [5, 5.41) is 13.4. The van der Waals surface area contributed by atoms with E-state index in [-0.39, 0.29) is 18.1 Å². The van der Waals surface area contributed by atoms with Crippen molar-refractivity contribution >= 4 is 45.2 Å². The van der Waals surface area contributed by atoms with Gasteiger partial charge in [-0.2, -0.15) is 0 Å². The van der Waals surface area contributed by atoms with Crippen LogP contribution < -0.4 is 5.32 Å². The van der Waals surface area contributed by atoms with E-state index >= 15 is 0 Å². The highest BCUT2D eigenvalue weighted by molar-refractivity contribution is 9.10. The fraction of sp³-hybridized carbons (Fsp3) is 0.0714. The Labute approximate surface area is 133 Å². The van der Waals surface area contributed by atoms with Gasteiger partial charge in [0, 0.05) is 15.9 Å². The maximum Gasteiger partial charge on any atom is 0.355 e. The van der Waals surface area contributed by atoms with Gasteiger partial charge in [-0.25, -0.2) is 9.78 Å². The lowest BCUT2D eigenvalue weighted by atomic mass is 10.2. The third kappa shape index (κ3) is 4.80. The van der Waals surface area contributed by atoms with Crippen LogP contribution in [0.15, 0.2) is 40.2 Å². The number of aromatic nitrogens is 1. The van der Waals surface area contributed by atoms with Crippen LogP contribution >= 0.6 is 27.3 Å². The van der Waals surface area contributed by atoms with E-state index in [0.717, 1.165) is 10.0 Å². The summed E-state index contributed by atoms with van der Waals surface area (Å²) >= 11 is 4.54. The number of carbonyl (C=O) groups excluding carboxylic acids is 1. The van der Waals surface area contributed by atoms with E-state index in [1.165, 1.54) is 22.8 Å². The number of benzene rings is 1. The van der Waals surface area contributed by atoms with Crippen molar-refractivity contribution in [1.29, 1.82) is 0 Å². The number of aromatic carboxylic acids is 1. The summed E-state index contributed by atoms with van der Waals surface area (Å²) in [7, 11) is 0. The van der Waals surface area contributed by atoms with Crippen molar-refractivity contribution in [3.63, 3.8) is 0 Å². The second-order valence-electron chi connectivity index (χ2n) is 4.03. The molecule has 0 saturated heterocycles. The van der Waals surface area contributed by atoms with Crippen molar-refractivity contribution in [2.75, 3.05) is 0 Å². The predicted octanol–water partition coefficient (Wildman–Crippen LogP) is 2.93. The van der Waals surface area contributed by atoms with Gasteiger partial charge in [-0.3, -0.25) is 4.79 Å². The molecule has 0 spiro atoms. The van der Waals surface area contributed by atoms with E-state index in [9.17, 15) is 9.59 Å². The number of rotatable bonds is 5. The first-order chi connectivity index (χ1) is 10.0. The van der Waals surface area contributed by atoms with Gasteiger partial charge in [0.15, 0.2) is 5.69 Å². The fourth-order valence-corrected chi connectivity index (χ4v) is 2.43. The molecule has 0 unspecified atom stereocenters. The van der Waals surface area contributed by atoms with E-state index in [2.05, 4.69) is 26.2 Å². The lowest BCUT2D eigenvalue weighted by molar-refractivity contribution is -0.116. The molecule has 1 aromatic heterocycles. The van der Waals surface area contributed by atoms with Crippen LogP contribution in [-0.4, -0.2) is 22.0 Å². The molecule has 1 heterocycles. The number of amides is 1. The summed E-state index contributed by atoms with van der Waals surface area (Å²) in [5.74, 6) is -1.33. The molecule has 1 aromatic carbocycles. The minimum absolute atomic E-state index is 0.00495. The molecule has 2 aromatic rings. The Hall–Kier alpha value is -1.99. The Kier molecular flexibility index (Phi) is 5.24. The van der Waals surface area contributed by atoms with Gasteiger partial charge < -0.3 is 10.4 Å². The van der Waals surface area contributed by atoms with Crippen LogP contribution in [0.1, 0.15) is 21.1 Å². The molecule has 21 heavy (non-hydrogen) atoms. The van der Waals surface area contributed by atoms with Gasteiger partial charge in [-0.05, 0) is 23.8 Å². The number of carboxylic acids is 1. The Morgan fingerprint density at radius 3 is 2.67 bits per heavy atom. The first-order valence-electron chi connectivity index (χ1n) is 5.94. The lowest BCUT2D eigenvalue weighted by Crippen LogP contribution is -2.20. The van der Waals surface area contributed by atoms with Crippen molar-refractivity contribution < 1.29 is 14.7 Å². The van der Waals surface area contributed by atoms with Crippen molar-refractivity contribution in [3.8, 4) is 0 Å². The number of nitrogens with zero attached hydrogens (tertiary/aromatic N) is 1. The van der Waals surface area contributed by atoms with Crippen LogP contribution in [0, 0.1) is 0 Å². The zero-order valence-electron chi connectivity index (χ0n) is 10.7. The van der Waals surface area contributed by atoms with E-state index in [1.54, 1.807) is 6.08 Å².